The summed E-state index contributed by atoms with van der Waals surface area (Å²) in [5, 5.41) is 4.63. The van der Waals surface area contributed by atoms with Crippen LogP contribution < -0.4 is 4.90 Å². The van der Waals surface area contributed by atoms with Gasteiger partial charge in [-0.05, 0) is 31.2 Å². The fourth-order valence-corrected chi connectivity index (χ4v) is 3.22. The molecule has 4 rings (SSSR count). The molecule has 0 spiro atoms. The summed E-state index contributed by atoms with van der Waals surface area (Å²) in [4.78, 5) is 18.6. The van der Waals surface area contributed by atoms with Crippen LogP contribution in [0.15, 0.2) is 53.1 Å². The fraction of sp³-hybridized carbons (Fsp3) is 0.211. The number of hydrogen-bond acceptors (Lipinski definition) is 4. The Morgan fingerprint density at radius 3 is 2.68 bits per heavy atom. The Hall–Kier alpha value is -2.66. The number of aryl methyl sites for hydroxylation is 1. The number of hydrogen-bond donors (Lipinski definition) is 0. The Morgan fingerprint density at radius 1 is 1.16 bits per heavy atom. The van der Waals surface area contributed by atoms with Gasteiger partial charge in [0.2, 0.25) is 5.91 Å². The molecule has 1 aliphatic heterocycles. The maximum atomic E-state index is 12.4. The molecule has 0 radical (unpaired) electrons. The predicted octanol–water partition coefficient (Wildman–Crippen LogP) is 4.22. The topological polar surface area (TPSA) is 59.2 Å². The highest BCUT2D eigenvalue weighted by atomic mass is 35.5. The maximum Gasteiger partial charge on any atom is 0.259 e. The van der Waals surface area contributed by atoms with Crippen LogP contribution in [0.3, 0.4) is 0 Å². The first-order valence-corrected chi connectivity index (χ1v) is 8.45. The molecule has 2 heterocycles. The Labute approximate surface area is 150 Å². The molecule has 3 aromatic rings. The SMILES string of the molecule is Cc1ccc(N2CC(c3noc(-c4ccccc4Cl)n3)CC2=O)cc1. The first kappa shape index (κ1) is 15.8. The lowest BCUT2D eigenvalue weighted by Gasteiger charge is -2.16. The van der Waals surface area contributed by atoms with Crippen LogP contribution in [-0.4, -0.2) is 22.6 Å². The smallest absolute Gasteiger partial charge is 0.259 e. The Balaban J connectivity index is 1.57. The zero-order chi connectivity index (χ0) is 17.4. The van der Waals surface area contributed by atoms with Crippen molar-refractivity contribution in [2.45, 2.75) is 19.3 Å². The number of carbonyl (C=O) groups excluding carboxylic acids is 1. The van der Waals surface area contributed by atoms with Crippen LogP contribution in [-0.2, 0) is 4.79 Å². The molecule has 1 saturated heterocycles. The number of halogens is 1. The molecule has 6 heteroatoms. The van der Waals surface area contributed by atoms with E-state index in [4.69, 9.17) is 16.1 Å². The second kappa shape index (κ2) is 6.33. The Kier molecular flexibility index (Phi) is 4.01. The van der Waals surface area contributed by atoms with Crippen LogP contribution in [0.4, 0.5) is 5.69 Å². The first-order valence-electron chi connectivity index (χ1n) is 8.07. The zero-order valence-corrected chi connectivity index (χ0v) is 14.4. The molecular formula is C19H16ClN3O2. The van der Waals surface area contributed by atoms with E-state index in [1.54, 1.807) is 11.0 Å². The summed E-state index contributed by atoms with van der Waals surface area (Å²) in [5.41, 5.74) is 2.75. The average molecular weight is 354 g/mol. The fourth-order valence-electron chi connectivity index (χ4n) is 3.00. The summed E-state index contributed by atoms with van der Waals surface area (Å²) in [6, 6.07) is 15.2. The van der Waals surface area contributed by atoms with Gasteiger partial charge in [-0.3, -0.25) is 4.79 Å². The van der Waals surface area contributed by atoms with Gasteiger partial charge in [-0.25, -0.2) is 0 Å². The lowest BCUT2D eigenvalue weighted by Crippen LogP contribution is -2.24. The lowest BCUT2D eigenvalue weighted by atomic mass is 10.1. The molecule has 0 bridgehead atoms. The van der Waals surface area contributed by atoms with Crippen molar-refractivity contribution in [3.05, 3.63) is 64.9 Å². The van der Waals surface area contributed by atoms with Gasteiger partial charge in [-0.15, -0.1) is 0 Å². The largest absolute Gasteiger partial charge is 0.334 e. The minimum absolute atomic E-state index is 0.0675. The monoisotopic (exact) mass is 353 g/mol. The molecule has 1 atom stereocenters. The third kappa shape index (κ3) is 3.03. The van der Waals surface area contributed by atoms with Gasteiger partial charge in [0.1, 0.15) is 0 Å². The Bertz CT molecular complexity index is 920. The van der Waals surface area contributed by atoms with E-state index in [0.29, 0.717) is 35.3 Å². The molecule has 0 saturated carbocycles. The van der Waals surface area contributed by atoms with Gasteiger partial charge in [0.05, 0.1) is 10.6 Å². The molecule has 2 aromatic carbocycles. The van der Waals surface area contributed by atoms with Gasteiger partial charge in [-0.1, -0.05) is 46.6 Å². The van der Waals surface area contributed by atoms with Crippen LogP contribution in [0.1, 0.15) is 23.7 Å². The molecule has 1 unspecified atom stereocenters. The van der Waals surface area contributed by atoms with Crippen molar-refractivity contribution in [1.82, 2.24) is 10.1 Å². The van der Waals surface area contributed by atoms with Crippen molar-refractivity contribution < 1.29 is 9.32 Å². The van der Waals surface area contributed by atoms with Crippen LogP contribution >= 0.6 is 11.6 Å². The van der Waals surface area contributed by atoms with E-state index in [1.807, 2.05) is 49.4 Å². The van der Waals surface area contributed by atoms with Crippen LogP contribution in [0.5, 0.6) is 0 Å². The van der Waals surface area contributed by atoms with Gasteiger partial charge in [-0.2, -0.15) is 4.98 Å². The highest BCUT2D eigenvalue weighted by Crippen LogP contribution is 2.32. The van der Waals surface area contributed by atoms with Crippen molar-refractivity contribution in [1.29, 1.82) is 0 Å². The summed E-state index contributed by atoms with van der Waals surface area (Å²) < 4.78 is 5.36. The second-order valence-electron chi connectivity index (χ2n) is 6.18. The highest BCUT2D eigenvalue weighted by molar-refractivity contribution is 6.33. The highest BCUT2D eigenvalue weighted by Gasteiger charge is 2.34. The van der Waals surface area contributed by atoms with E-state index in [0.717, 1.165) is 11.3 Å². The number of benzene rings is 2. The maximum absolute atomic E-state index is 12.4. The normalized spacial score (nSPS) is 17.3. The van der Waals surface area contributed by atoms with Gasteiger partial charge in [0.15, 0.2) is 5.82 Å². The third-order valence-corrected chi connectivity index (χ3v) is 4.71. The number of carbonyl (C=O) groups is 1. The number of nitrogens with zero attached hydrogens (tertiary/aromatic N) is 3. The molecule has 126 valence electrons. The van der Waals surface area contributed by atoms with E-state index in [2.05, 4.69) is 10.1 Å². The molecule has 1 aliphatic rings. The van der Waals surface area contributed by atoms with E-state index >= 15 is 0 Å². The van der Waals surface area contributed by atoms with Crippen LogP contribution in [0.25, 0.3) is 11.5 Å². The minimum atomic E-state index is -0.0891. The van der Waals surface area contributed by atoms with Gasteiger partial charge in [0.25, 0.3) is 5.89 Å². The number of anilines is 1. The first-order chi connectivity index (χ1) is 12.1. The van der Waals surface area contributed by atoms with E-state index in [9.17, 15) is 4.79 Å². The standard InChI is InChI=1S/C19H16ClN3O2/c1-12-6-8-14(9-7-12)23-11-13(10-17(23)24)18-21-19(25-22-18)15-4-2-3-5-16(15)20/h2-9,13H,10-11H2,1H3. The number of aromatic nitrogens is 2. The molecule has 1 aromatic heterocycles. The Morgan fingerprint density at radius 2 is 1.92 bits per heavy atom. The van der Waals surface area contributed by atoms with Crippen molar-refractivity contribution in [2.75, 3.05) is 11.4 Å². The lowest BCUT2D eigenvalue weighted by molar-refractivity contribution is -0.117. The van der Waals surface area contributed by atoms with Crippen LogP contribution in [0.2, 0.25) is 5.02 Å². The predicted molar refractivity (Wildman–Crippen MR) is 95.6 cm³/mol. The summed E-state index contributed by atoms with van der Waals surface area (Å²) in [6.07, 6.45) is 0.370. The summed E-state index contributed by atoms with van der Waals surface area (Å²) in [5.74, 6) is 0.895. The average Bonchev–Trinajstić information content (AvgIpc) is 3.23. The molecular weight excluding hydrogens is 338 g/mol. The van der Waals surface area contributed by atoms with Gasteiger partial charge in [0, 0.05) is 24.6 Å². The summed E-state index contributed by atoms with van der Waals surface area (Å²) in [6.45, 7) is 2.57. The van der Waals surface area contributed by atoms with Crippen molar-refractivity contribution in [3.63, 3.8) is 0 Å². The molecule has 1 fully saturated rings. The van der Waals surface area contributed by atoms with Crippen LogP contribution in [0, 0.1) is 6.92 Å². The van der Waals surface area contributed by atoms with Crippen molar-refractivity contribution in [2.24, 2.45) is 0 Å². The summed E-state index contributed by atoms with van der Waals surface area (Å²) >= 11 is 6.18. The van der Waals surface area contributed by atoms with Gasteiger partial charge >= 0.3 is 0 Å². The van der Waals surface area contributed by atoms with Crippen molar-refractivity contribution >= 4 is 23.2 Å². The molecule has 0 aliphatic carbocycles. The minimum Gasteiger partial charge on any atom is -0.334 e. The quantitative estimate of drug-likeness (QED) is 0.707. The van der Waals surface area contributed by atoms with E-state index in [-0.39, 0.29) is 11.8 Å². The van der Waals surface area contributed by atoms with Gasteiger partial charge < -0.3 is 9.42 Å². The molecule has 5 nitrogen and oxygen atoms in total. The number of rotatable bonds is 3. The molecule has 25 heavy (non-hydrogen) atoms. The molecule has 0 N–H and O–H groups in total. The van der Waals surface area contributed by atoms with E-state index < -0.39 is 0 Å². The summed E-state index contributed by atoms with van der Waals surface area (Å²) in [7, 11) is 0. The van der Waals surface area contributed by atoms with E-state index in [1.165, 1.54) is 0 Å². The zero-order valence-electron chi connectivity index (χ0n) is 13.6. The number of amides is 1. The van der Waals surface area contributed by atoms with Crippen molar-refractivity contribution in [3.8, 4) is 11.5 Å². The molecule has 1 amide bonds. The second-order valence-corrected chi connectivity index (χ2v) is 6.59. The third-order valence-electron chi connectivity index (χ3n) is 4.38.